The molecule has 108 valence electrons. The van der Waals surface area contributed by atoms with Crippen molar-refractivity contribution in [3.05, 3.63) is 35.1 Å². The van der Waals surface area contributed by atoms with E-state index >= 15 is 0 Å². The molecule has 0 saturated heterocycles. The van der Waals surface area contributed by atoms with E-state index in [1.165, 1.54) is 6.33 Å². The highest BCUT2D eigenvalue weighted by molar-refractivity contribution is 6.31. The number of nitrogens with zero attached hydrogens (tertiary/aromatic N) is 4. The lowest BCUT2D eigenvalue weighted by Crippen LogP contribution is -2.30. The Bertz CT molecular complexity index is 604. The second-order valence-electron chi connectivity index (χ2n) is 4.69. The molecule has 0 spiro atoms. The molecular formula is C13H18ClN5O. The fourth-order valence-corrected chi connectivity index (χ4v) is 2.33. The summed E-state index contributed by atoms with van der Waals surface area (Å²) >= 11 is 5.89. The van der Waals surface area contributed by atoms with E-state index in [9.17, 15) is 4.79 Å². The van der Waals surface area contributed by atoms with Crippen LogP contribution in [0.3, 0.4) is 0 Å². The van der Waals surface area contributed by atoms with Crippen LogP contribution in [0, 0.1) is 0 Å². The number of aryl methyl sites for hydroxylation is 2. The Morgan fingerprint density at radius 3 is 2.90 bits per heavy atom. The first-order valence-electron chi connectivity index (χ1n) is 6.53. The summed E-state index contributed by atoms with van der Waals surface area (Å²) in [6.07, 6.45) is 4.16. The highest BCUT2D eigenvalue weighted by Gasteiger charge is 2.18. The molecule has 1 amide bonds. The van der Waals surface area contributed by atoms with Crippen LogP contribution in [0.5, 0.6) is 0 Å². The number of carbonyl (C=O) groups excluding carboxylic acids is 1. The molecule has 0 radical (unpaired) electrons. The second-order valence-corrected chi connectivity index (χ2v) is 5.13. The number of aromatic nitrogens is 4. The molecule has 2 rings (SSSR count). The van der Waals surface area contributed by atoms with Crippen molar-refractivity contribution in [1.82, 2.24) is 24.6 Å². The first-order chi connectivity index (χ1) is 9.52. The number of hydrogen-bond acceptors (Lipinski definition) is 3. The summed E-state index contributed by atoms with van der Waals surface area (Å²) in [4.78, 5) is 16.4. The van der Waals surface area contributed by atoms with Gasteiger partial charge in [0, 0.05) is 19.8 Å². The Labute approximate surface area is 122 Å². The predicted octanol–water partition coefficient (Wildman–Crippen LogP) is 2.17. The molecule has 0 aliphatic rings. The number of halogens is 1. The summed E-state index contributed by atoms with van der Waals surface area (Å²) < 4.78 is 3.50. The molecule has 2 heterocycles. The van der Waals surface area contributed by atoms with Gasteiger partial charge in [0.15, 0.2) is 0 Å². The minimum atomic E-state index is -0.217. The van der Waals surface area contributed by atoms with E-state index in [4.69, 9.17) is 11.6 Å². The fraction of sp³-hybridized carbons (Fsp3) is 0.462. The first kappa shape index (κ1) is 14.6. The number of amides is 1. The third-order valence-corrected chi connectivity index (χ3v) is 3.23. The zero-order valence-corrected chi connectivity index (χ0v) is 12.6. The normalized spacial score (nSPS) is 12.4. The Balaban J connectivity index is 2.11. The fourth-order valence-electron chi connectivity index (χ4n) is 2.08. The van der Waals surface area contributed by atoms with E-state index in [-0.39, 0.29) is 11.9 Å². The van der Waals surface area contributed by atoms with Crippen LogP contribution in [0.15, 0.2) is 18.6 Å². The van der Waals surface area contributed by atoms with Crippen molar-refractivity contribution in [3.8, 4) is 0 Å². The molecule has 1 atom stereocenters. The summed E-state index contributed by atoms with van der Waals surface area (Å²) in [5.41, 5.74) is 0.517. The van der Waals surface area contributed by atoms with E-state index in [1.807, 2.05) is 11.6 Å². The topological polar surface area (TPSA) is 64.7 Å². The predicted molar refractivity (Wildman–Crippen MR) is 76.6 cm³/mol. The largest absolute Gasteiger partial charge is 0.345 e. The zero-order valence-electron chi connectivity index (χ0n) is 11.8. The summed E-state index contributed by atoms with van der Waals surface area (Å²) in [5.74, 6) is 0.568. The van der Waals surface area contributed by atoms with Crippen molar-refractivity contribution in [3.63, 3.8) is 0 Å². The van der Waals surface area contributed by atoms with Crippen LogP contribution >= 0.6 is 11.6 Å². The van der Waals surface area contributed by atoms with E-state index in [1.54, 1.807) is 23.9 Å². The lowest BCUT2D eigenvalue weighted by molar-refractivity contribution is 0.0929. The van der Waals surface area contributed by atoms with Crippen molar-refractivity contribution < 1.29 is 4.79 Å². The summed E-state index contributed by atoms with van der Waals surface area (Å²) in [7, 11) is 1.78. The molecule has 0 bridgehead atoms. The van der Waals surface area contributed by atoms with Gasteiger partial charge >= 0.3 is 0 Å². The van der Waals surface area contributed by atoms with Crippen LogP contribution in [0.4, 0.5) is 0 Å². The molecule has 2 aromatic rings. The van der Waals surface area contributed by atoms with Gasteiger partial charge in [-0.2, -0.15) is 5.10 Å². The van der Waals surface area contributed by atoms with Crippen LogP contribution in [-0.4, -0.2) is 25.2 Å². The average molecular weight is 296 g/mol. The maximum Gasteiger partial charge on any atom is 0.268 e. The second kappa shape index (κ2) is 6.09. The third-order valence-electron chi connectivity index (χ3n) is 3.02. The number of rotatable bonds is 5. The Morgan fingerprint density at radius 1 is 1.55 bits per heavy atom. The highest BCUT2D eigenvalue weighted by atomic mass is 35.5. The minimum absolute atomic E-state index is 0.182. The monoisotopic (exact) mass is 295 g/mol. The van der Waals surface area contributed by atoms with Crippen LogP contribution in [0.25, 0.3) is 0 Å². The van der Waals surface area contributed by atoms with Crippen molar-refractivity contribution in [2.24, 2.45) is 7.05 Å². The van der Waals surface area contributed by atoms with Crippen LogP contribution in [0.1, 0.15) is 42.6 Å². The van der Waals surface area contributed by atoms with Gasteiger partial charge in [0.05, 0.1) is 11.1 Å². The van der Waals surface area contributed by atoms with Gasteiger partial charge in [-0.05, 0) is 19.4 Å². The van der Waals surface area contributed by atoms with Crippen LogP contribution in [-0.2, 0) is 13.6 Å². The molecular weight excluding hydrogens is 278 g/mol. The number of carbonyl (C=O) groups is 1. The molecule has 0 fully saturated rings. The third kappa shape index (κ3) is 3.01. The van der Waals surface area contributed by atoms with Crippen LogP contribution in [0.2, 0.25) is 5.02 Å². The molecule has 0 aliphatic carbocycles. The summed E-state index contributed by atoms with van der Waals surface area (Å²) in [5, 5.41) is 7.61. The lowest BCUT2D eigenvalue weighted by atomic mass is 10.3. The lowest BCUT2D eigenvalue weighted by Gasteiger charge is -2.14. The molecule has 1 N–H and O–H groups in total. The average Bonchev–Trinajstić information content (AvgIpc) is 2.96. The maximum atomic E-state index is 12.2. The van der Waals surface area contributed by atoms with E-state index in [2.05, 4.69) is 22.3 Å². The minimum Gasteiger partial charge on any atom is -0.345 e. The molecule has 2 aromatic heterocycles. The smallest absolute Gasteiger partial charge is 0.268 e. The molecule has 0 aromatic carbocycles. The van der Waals surface area contributed by atoms with E-state index in [0.29, 0.717) is 10.7 Å². The van der Waals surface area contributed by atoms with Gasteiger partial charge in [-0.15, -0.1) is 0 Å². The molecule has 0 aliphatic heterocycles. The Kier molecular flexibility index (Phi) is 4.44. The van der Waals surface area contributed by atoms with E-state index < -0.39 is 0 Å². The van der Waals surface area contributed by atoms with Gasteiger partial charge in [0.2, 0.25) is 0 Å². The SMILES string of the molecule is CCCn1ncnc1C(C)NC(=O)c1cc(Cl)cn1C. The first-order valence-corrected chi connectivity index (χ1v) is 6.91. The van der Waals surface area contributed by atoms with Gasteiger partial charge in [-0.1, -0.05) is 18.5 Å². The van der Waals surface area contributed by atoms with E-state index in [0.717, 1.165) is 18.8 Å². The van der Waals surface area contributed by atoms with Crippen molar-refractivity contribution >= 4 is 17.5 Å². The summed E-state index contributed by atoms with van der Waals surface area (Å²) in [6, 6.07) is 1.42. The van der Waals surface area contributed by atoms with Gasteiger partial charge in [0.1, 0.15) is 17.8 Å². The van der Waals surface area contributed by atoms with Crippen molar-refractivity contribution in [2.75, 3.05) is 0 Å². The van der Waals surface area contributed by atoms with Gasteiger partial charge in [0.25, 0.3) is 5.91 Å². The van der Waals surface area contributed by atoms with Gasteiger partial charge in [-0.3, -0.25) is 4.79 Å². The molecule has 1 unspecified atom stereocenters. The molecule has 6 nitrogen and oxygen atoms in total. The Morgan fingerprint density at radius 2 is 2.30 bits per heavy atom. The molecule has 7 heteroatoms. The molecule has 0 saturated carbocycles. The van der Waals surface area contributed by atoms with Gasteiger partial charge < -0.3 is 9.88 Å². The Hall–Kier alpha value is -1.82. The van der Waals surface area contributed by atoms with Crippen molar-refractivity contribution in [2.45, 2.75) is 32.9 Å². The maximum absolute atomic E-state index is 12.2. The standard InChI is InChI=1S/C13H18ClN5O/c1-4-5-19-12(15-8-16-19)9(2)17-13(20)11-6-10(14)7-18(11)3/h6-9H,4-5H2,1-3H3,(H,17,20). The van der Waals surface area contributed by atoms with Crippen LogP contribution < -0.4 is 5.32 Å². The number of nitrogens with one attached hydrogen (secondary N) is 1. The molecule has 20 heavy (non-hydrogen) atoms. The number of hydrogen-bond donors (Lipinski definition) is 1. The zero-order chi connectivity index (χ0) is 14.7. The highest BCUT2D eigenvalue weighted by Crippen LogP contribution is 2.15. The van der Waals surface area contributed by atoms with Gasteiger partial charge in [-0.25, -0.2) is 9.67 Å². The quantitative estimate of drug-likeness (QED) is 0.919. The summed E-state index contributed by atoms with van der Waals surface area (Å²) in [6.45, 7) is 4.74. The van der Waals surface area contributed by atoms with Crippen molar-refractivity contribution in [1.29, 1.82) is 0 Å².